The van der Waals surface area contributed by atoms with E-state index in [4.69, 9.17) is 21.1 Å². The summed E-state index contributed by atoms with van der Waals surface area (Å²) in [5.74, 6) is 0.408. The van der Waals surface area contributed by atoms with E-state index in [2.05, 4.69) is 5.32 Å². The van der Waals surface area contributed by atoms with E-state index < -0.39 is 0 Å². The lowest BCUT2D eigenvalue weighted by Gasteiger charge is -2.14. The summed E-state index contributed by atoms with van der Waals surface area (Å²) in [5, 5.41) is 3.65. The Hall–Kier alpha value is -1.26. The molecule has 4 nitrogen and oxygen atoms in total. The Morgan fingerprint density at radius 3 is 3.00 bits per heavy atom. The highest BCUT2D eigenvalue weighted by molar-refractivity contribution is 6.32. The molecule has 1 aromatic carbocycles. The number of aryl methyl sites for hydroxylation is 1. The van der Waals surface area contributed by atoms with Crippen LogP contribution in [-0.2, 0) is 9.53 Å². The van der Waals surface area contributed by atoms with Crippen molar-refractivity contribution < 1.29 is 14.3 Å². The highest BCUT2D eigenvalue weighted by Gasteiger charge is 2.31. The molecule has 1 heterocycles. The molecule has 0 bridgehead atoms. The molecule has 98 valence electrons. The zero-order valence-corrected chi connectivity index (χ0v) is 11.2. The van der Waals surface area contributed by atoms with Crippen LogP contribution in [0.25, 0.3) is 0 Å². The summed E-state index contributed by atoms with van der Waals surface area (Å²) in [5.41, 5.74) is 1.09. The van der Waals surface area contributed by atoms with Crippen LogP contribution in [0.15, 0.2) is 18.2 Å². The molecule has 0 amide bonds. The summed E-state index contributed by atoms with van der Waals surface area (Å²) in [7, 11) is 1.38. The lowest BCUT2D eigenvalue weighted by molar-refractivity contribution is -0.142. The van der Waals surface area contributed by atoms with Crippen molar-refractivity contribution in [3.05, 3.63) is 28.8 Å². The van der Waals surface area contributed by atoms with Crippen molar-refractivity contribution in [2.75, 3.05) is 13.7 Å². The van der Waals surface area contributed by atoms with E-state index in [-0.39, 0.29) is 18.1 Å². The topological polar surface area (TPSA) is 47.6 Å². The minimum Gasteiger partial charge on any atom is -0.487 e. The fourth-order valence-electron chi connectivity index (χ4n) is 2.00. The Bertz CT molecular complexity index is 450. The lowest BCUT2D eigenvalue weighted by Crippen LogP contribution is -2.31. The second kappa shape index (κ2) is 5.59. The highest BCUT2D eigenvalue weighted by Crippen LogP contribution is 2.27. The van der Waals surface area contributed by atoms with Crippen molar-refractivity contribution in [2.24, 2.45) is 0 Å². The highest BCUT2D eigenvalue weighted by atomic mass is 35.5. The molecule has 1 fully saturated rings. The first kappa shape index (κ1) is 13.2. The third kappa shape index (κ3) is 2.94. The molecule has 0 spiro atoms. The Kier molecular flexibility index (Phi) is 4.09. The maximum Gasteiger partial charge on any atom is 0.323 e. The van der Waals surface area contributed by atoms with Crippen LogP contribution < -0.4 is 10.1 Å². The second-order valence-corrected chi connectivity index (χ2v) is 4.80. The van der Waals surface area contributed by atoms with E-state index >= 15 is 0 Å². The van der Waals surface area contributed by atoms with Crippen LogP contribution in [0, 0.1) is 6.92 Å². The summed E-state index contributed by atoms with van der Waals surface area (Å²) >= 11 is 6.06. The number of halogens is 1. The number of esters is 1. The fraction of sp³-hybridized carbons (Fsp3) is 0.462. The van der Waals surface area contributed by atoms with Gasteiger partial charge in [0, 0.05) is 13.0 Å². The van der Waals surface area contributed by atoms with E-state index in [0.29, 0.717) is 23.7 Å². The Balaban J connectivity index is 1.99. The second-order valence-electron chi connectivity index (χ2n) is 4.39. The van der Waals surface area contributed by atoms with Crippen LogP contribution in [0.4, 0.5) is 0 Å². The zero-order chi connectivity index (χ0) is 13.1. The third-order valence-corrected chi connectivity index (χ3v) is 3.27. The number of benzene rings is 1. The fourth-order valence-corrected chi connectivity index (χ4v) is 2.16. The minimum absolute atomic E-state index is 0.0617. The zero-order valence-electron chi connectivity index (χ0n) is 10.4. The third-order valence-electron chi connectivity index (χ3n) is 2.96. The van der Waals surface area contributed by atoms with Crippen molar-refractivity contribution in [1.82, 2.24) is 5.32 Å². The van der Waals surface area contributed by atoms with Gasteiger partial charge < -0.3 is 14.8 Å². The average Bonchev–Trinajstić information content (AvgIpc) is 2.81. The minimum atomic E-state index is -0.288. The number of nitrogens with one attached hydrogen (secondary N) is 1. The SMILES string of the molecule is COC(=O)[C@@H]1CC(Oc2cc(C)ccc2Cl)CN1. The molecule has 1 saturated heterocycles. The van der Waals surface area contributed by atoms with Crippen LogP contribution >= 0.6 is 11.6 Å². The van der Waals surface area contributed by atoms with Gasteiger partial charge in [0.15, 0.2) is 0 Å². The predicted molar refractivity (Wildman–Crippen MR) is 69.0 cm³/mol. The Morgan fingerprint density at radius 1 is 1.50 bits per heavy atom. The molecular weight excluding hydrogens is 254 g/mol. The number of hydrogen-bond acceptors (Lipinski definition) is 4. The molecule has 0 aromatic heterocycles. The van der Waals surface area contributed by atoms with Gasteiger partial charge in [-0.3, -0.25) is 4.79 Å². The first-order valence-electron chi connectivity index (χ1n) is 5.84. The van der Waals surface area contributed by atoms with Gasteiger partial charge in [-0.25, -0.2) is 0 Å². The number of rotatable bonds is 3. The predicted octanol–water partition coefficient (Wildman–Crippen LogP) is 1.93. The van der Waals surface area contributed by atoms with Gasteiger partial charge in [0.25, 0.3) is 0 Å². The molecule has 1 aromatic rings. The largest absolute Gasteiger partial charge is 0.487 e. The number of hydrogen-bond donors (Lipinski definition) is 1. The lowest BCUT2D eigenvalue weighted by atomic mass is 10.2. The van der Waals surface area contributed by atoms with Crippen molar-refractivity contribution in [3.8, 4) is 5.75 Å². The van der Waals surface area contributed by atoms with Crippen molar-refractivity contribution in [1.29, 1.82) is 0 Å². The van der Waals surface area contributed by atoms with Crippen molar-refractivity contribution >= 4 is 17.6 Å². The molecule has 1 unspecified atom stereocenters. The number of ether oxygens (including phenoxy) is 2. The molecule has 5 heteroatoms. The first-order chi connectivity index (χ1) is 8.60. The van der Waals surface area contributed by atoms with Gasteiger partial charge in [0.1, 0.15) is 17.9 Å². The Morgan fingerprint density at radius 2 is 2.28 bits per heavy atom. The quantitative estimate of drug-likeness (QED) is 0.852. The summed E-state index contributed by atoms with van der Waals surface area (Å²) < 4.78 is 10.5. The molecule has 0 radical (unpaired) electrons. The van der Waals surface area contributed by atoms with E-state index in [0.717, 1.165) is 5.56 Å². The molecular formula is C13H16ClNO3. The van der Waals surface area contributed by atoms with Crippen LogP contribution in [0.2, 0.25) is 5.02 Å². The number of carbonyl (C=O) groups is 1. The Labute approximate surface area is 111 Å². The summed E-state index contributed by atoms with van der Waals surface area (Å²) in [6, 6.07) is 5.35. The maximum atomic E-state index is 11.4. The van der Waals surface area contributed by atoms with Gasteiger partial charge in [0.05, 0.1) is 12.1 Å². The van der Waals surface area contributed by atoms with Crippen molar-refractivity contribution in [2.45, 2.75) is 25.5 Å². The number of carbonyl (C=O) groups excluding carboxylic acids is 1. The normalized spacial score (nSPS) is 22.8. The monoisotopic (exact) mass is 269 g/mol. The van der Waals surface area contributed by atoms with Crippen molar-refractivity contribution in [3.63, 3.8) is 0 Å². The van der Waals surface area contributed by atoms with Crippen LogP contribution in [0.1, 0.15) is 12.0 Å². The van der Waals surface area contributed by atoms with Gasteiger partial charge in [-0.15, -0.1) is 0 Å². The van der Waals surface area contributed by atoms with Crippen LogP contribution in [0.5, 0.6) is 5.75 Å². The molecule has 1 aliphatic heterocycles. The van der Waals surface area contributed by atoms with Crippen LogP contribution in [-0.4, -0.2) is 31.8 Å². The molecule has 2 atom stereocenters. The molecule has 0 aliphatic carbocycles. The van der Waals surface area contributed by atoms with E-state index in [1.165, 1.54) is 7.11 Å². The van der Waals surface area contributed by atoms with Gasteiger partial charge in [-0.1, -0.05) is 17.7 Å². The molecule has 18 heavy (non-hydrogen) atoms. The number of methoxy groups -OCH3 is 1. The van der Waals surface area contributed by atoms with E-state index in [9.17, 15) is 4.79 Å². The van der Waals surface area contributed by atoms with Crippen LogP contribution in [0.3, 0.4) is 0 Å². The summed E-state index contributed by atoms with van der Waals surface area (Å²) in [6.07, 6.45) is 0.533. The van der Waals surface area contributed by atoms with Gasteiger partial charge >= 0.3 is 5.97 Å². The molecule has 1 N–H and O–H groups in total. The van der Waals surface area contributed by atoms with Gasteiger partial charge in [-0.2, -0.15) is 0 Å². The molecule has 0 saturated carbocycles. The average molecular weight is 270 g/mol. The summed E-state index contributed by atoms with van der Waals surface area (Å²) in [4.78, 5) is 11.4. The van der Waals surface area contributed by atoms with Gasteiger partial charge in [0.2, 0.25) is 0 Å². The maximum absolute atomic E-state index is 11.4. The van der Waals surface area contributed by atoms with Gasteiger partial charge in [-0.05, 0) is 24.6 Å². The summed E-state index contributed by atoms with van der Waals surface area (Å²) in [6.45, 7) is 2.59. The smallest absolute Gasteiger partial charge is 0.323 e. The standard InChI is InChI=1S/C13H16ClNO3/c1-8-3-4-10(14)12(5-8)18-9-6-11(15-7-9)13(16)17-2/h3-5,9,11,15H,6-7H2,1-2H3/t9?,11-/m0/s1. The first-order valence-corrected chi connectivity index (χ1v) is 6.22. The molecule has 2 rings (SSSR count). The van der Waals surface area contributed by atoms with E-state index in [1.807, 2.05) is 25.1 Å². The van der Waals surface area contributed by atoms with E-state index in [1.54, 1.807) is 0 Å². The molecule has 1 aliphatic rings.